The zero-order valence-corrected chi connectivity index (χ0v) is 14.3. The Bertz CT molecular complexity index is 728. The van der Waals surface area contributed by atoms with E-state index >= 15 is 0 Å². The molecule has 2 aromatic rings. The third-order valence-electron chi connectivity index (χ3n) is 4.74. The summed E-state index contributed by atoms with van der Waals surface area (Å²) >= 11 is 6.36. The molecule has 3 rings (SSSR count). The second kappa shape index (κ2) is 5.31. The first-order chi connectivity index (χ1) is 10.3. The summed E-state index contributed by atoms with van der Waals surface area (Å²) in [6.45, 7) is 8.31. The van der Waals surface area contributed by atoms with Crippen LogP contribution in [0.4, 0.5) is 0 Å². The molecule has 1 aromatic carbocycles. The van der Waals surface area contributed by atoms with E-state index in [0.29, 0.717) is 5.92 Å². The summed E-state index contributed by atoms with van der Waals surface area (Å²) in [7, 11) is 0. The van der Waals surface area contributed by atoms with Gasteiger partial charge in [-0.15, -0.1) is 0 Å². The second-order valence-corrected chi connectivity index (χ2v) is 7.50. The maximum absolute atomic E-state index is 12.2. The van der Waals surface area contributed by atoms with Crippen molar-refractivity contribution in [1.82, 2.24) is 10.3 Å². The van der Waals surface area contributed by atoms with Crippen LogP contribution < -0.4 is 5.32 Å². The van der Waals surface area contributed by atoms with E-state index in [9.17, 15) is 4.79 Å². The first-order valence-corrected chi connectivity index (χ1v) is 8.31. The topological polar surface area (TPSA) is 44.9 Å². The van der Waals surface area contributed by atoms with Crippen molar-refractivity contribution >= 4 is 28.4 Å². The number of carbonyl (C=O) groups is 1. The van der Waals surface area contributed by atoms with E-state index in [-0.39, 0.29) is 17.4 Å². The summed E-state index contributed by atoms with van der Waals surface area (Å²) in [5, 5.41) is 5.00. The van der Waals surface area contributed by atoms with E-state index in [2.05, 4.69) is 36.3 Å². The molecule has 118 valence electrons. The highest BCUT2D eigenvalue weighted by atomic mass is 35.5. The number of H-pyrrole nitrogens is 1. The Balaban J connectivity index is 1.86. The number of benzene rings is 1. The van der Waals surface area contributed by atoms with Gasteiger partial charge in [0.1, 0.15) is 0 Å². The Kier molecular flexibility index (Phi) is 3.72. The number of aromatic nitrogens is 1. The highest BCUT2D eigenvalue weighted by Crippen LogP contribution is 2.45. The summed E-state index contributed by atoms with van der Waals surface area (Å²) in [6, 6.07) is 6.16. The van der Waals surface area contributed by atoms with Gasteiger partial charge in [0.2, 0.25) is 5.91 Å². The lowest BCUT2D eigenvalue weighted by molar-refractivity contribution is -0.126. The van der Waals surface area contributed by atoms with Crippen LogP contribution in [0.25, 0.3) is 10.9 Å². The van der Waals surface area contributed by atoms with E-state index in [4.69, 9.17) is 11.6 Å². The molecule has 0 aliphatic heterocycles. The lowest BCUT2D eigenvalue weighted by Gasteiger charge is -2.15. The molecule has 1 aliphatic carbocycles. The maximum Gasteiger partial charge on any atom is 0.226 e. The summed E-state index contributed by atoms with van der Waals surface area (Å²) < 4.78 is 0. The van der Waals surface area contributed by atoms with E-state index in [1.807, 2.05) is 19.9 Å². The molecule has 0 radical (unpaired) electrons. The second-order valence-electron chi connectivity index (χ2n) is 7.10. The van der Waals surface area contributed by atoms with Gasteiger partial charge in [0.25, 0.3) is 0 Å². The normalized spacial score (nSPS) is 17.7. The van der Waals surface area contributed by atoms with Crippen LogP contribution in [0.5, 0.6) is 0 Å². The Morgan fingerprint density at radius 2 is 1.95 bits per heavy atom. The molecule has 1 aromatic heterocycles. The fourth-order valence-electron chi connectivity index (χ4n) is 2.73. The number of rotatable bonds is 4. The quantitative estimate of drug-likeness (QED) is 0.825. The molecule has 1 saturated carbocycles. The number of fused-ring (bicyclic) bond motifs is 1. The minimum atomic E-state index is -0.144. The fraction of sp³-hybridized carbons (Fsp3) is 0.500. The van der Waals surface area contributed by atoms with Crippen molar-refractivity contribution in [3.63, 3.8) is 0 Å². The Morgan fingerprint density at radius 1 is 1.27 bits per heavy atom. The van der Waals surface area contributed by atoms with Gasteiger partial charge in [-0.25, -0.2) is 0 Å². The monoisotopic (exact) mass is 318 g/mol. The molecule has 3 nitrogen and oxygen atoms in total. The van der Waals surface area contributed by atoms with Gasteiger partial charge in [0.05, 0.1) is 6.04 Å². The number of amides is 1. The molecule has 1 aliphatic rings. The predicted molar refractivity (Wildman–Crippen MR) is 91.3 cm³/mol. The molecule has 1 unspecified atom stereocenters. The number of nitrogens with one attached hydrogen (secondary N) is 2. The lowest BCUT2D eigenvalue weighted by atomic mass is 10.0. The predicted octanol–water partition coefficient (Wildman–Crippen LogP) is 4.92. The van der Waals surface area contributed by atoms with E-state index in [0.717, 1.165) is 40.0 Å². The number of halogens is 1. The minimum Gasteiger partial charge on any atom is -0.357 e. The first-order valence-electron chi connectivity index (χ1n) is 7.93. The highest BCUT2D eigenvalue weighted by Gasteiger charge is 2.45. The molecular weight excluding hydrogens is 296 g/mol. The van der Waals surface area contributed by atoms with Crippen molar-refractivity contribution in [1.29, 1.82) is 0 Å². The van der Waals surface area contributed by atoms with Crippen molar-refractivity contribution in [2.75, 3.05) is 0 Å². The molecule has 2 N–H and O–H groups in total. The SMILES string of the molecule is CC(C)c1cc2[nH]c(C(C)NC(=O)C3(C)CC3)cc2cc1Cl. The maximum atomic E-state index is 12.2. The number of hydrogen-bond acceptors (Lipinski definition) is 1. The molecule has 1 amide bonds. The molecule has 1 atom stereocenters. The Labute approximate surface area is 136 Å². The summed E-state index contributed by atoms with van der Waals surface area (Å²) in [5.41, 5.74) is 3.09. The number of aromatic amines is 1. The zero-order valence-electron chi connectivity index (χ0n) is 13.6. The van der Waals surface area contributed by atoms with Crippen molar-refractivity contribution < 1.29 is 4.79 Å². The van der Waals surface area contributed by atoms with Crippen LogP contribution in [0.2, 0.25) is 5.02 Å². The average Bonchev–Trinajstić information content (AvgIpc) is 3.06. The Hall–Kier alpha value is -1.48. The first kappa shape index (κ1) is 15.4. The molecule has 22 heavy (non-hydrogen) atoms. The third kappa shape index (κ3) is 2.74. The zero-order chi connectivity index (χ0) is 16.1. The minimum absolute atomic E-state index is 0.0291. The van der Waals surface area contributed by atoms with Crippen LogP contribution >= 0.6 is 11.6 Å². The van der Waals surface area contributed by atoms with E-state index in [1.165, 1.54) is 0 Å². The molecular formula is C18H23ClN2O. The van der Waals surface area contributed by atoms with E-state index < -0.39 is 0 Å². The molecule has 1 fully saturated rings. The highest BCUT2D eigenvalue weighted by molar-refractivity contribution is 6.32. The van der Waals surface area contributed by atoms with Crippen molar-refractivity contribution in [3.8, 4) is 0 Å². The van der Waals surface area contributed by atoms with Gasteiger partial charge in [-0.2, -0.15) is 0 Å². The molecule has 1 heterocycles. The van der Waals surface area contributed by atoms with Gasteiger partial charge in [0, 0.05) is 27.0 Å². The van der Waals surface area contributed by atoms with Crippen molar-refractivity contribution in [2.24, 2.45) is 5.41 Å². The summed E-state index contributed by atoms with van der Waals surface area (Å²) in [4.78, 5) is 15.6. The number of hydrogen-bond donors (Lipinski definition) is 2. The van der Waals surface area contributed by atoms with Crippen LogP contribution in [-0.4, -0.2) is 10.9 Å². The smallest absolute Gasteiger partial charge is 0.226 e. The van der Waals surface area contributed by atoms with Gasteiger partial charge < -0.3 is 10.3 Å². The average molecular weight is 319 g/mol. The van der Waals surface area contributed by atoms with Crippen LogP contribution in [0.15, 0.2) is 18.2 Å². The molecule has 0 bridgehead atoms. The van der Waals surface area contributed by atoms with Gasteiger partial charge in [-0.1, -0.05) is 32.4 Å². The van der Waals surface area contributed by atoms with Crippen LogP contribution in [0.3, 0.4) is 0 Å². The lowest BCUT2D eigenvalue weighted by Crippen LogP contribution is -2.32. The largest absolute Gasteiger partial charge is 0.357 e. The molecule has 4 heteroatoms. The fourth-order valence-corrected chi connectivity index (χ4v) is 3.12. The van der Waals surface area contributed by atoms with Crippen LogP contribution in [-0.2, 0) is 4.79 Å². The number of carbonyl (C=O) groups excluding carboxylic acids is 1. The summed E-state index contributed by atoms with van der Waals surface area (Å²) in [5.74, 6) is 0.537. The summed E-state index contributed by atoms with van der Waals surface area (Å²) in [6.07, 6.45) is 1.98. The van der Waals surface area contributed by atoms with Crippen LogP contribution in [0, 0.1) is 5.41 Å². The van der Waals surface area contributed by atoms with Crippen LogP contribution in [0.1, 0.15) is 63.8 Å². The third-order valence-corrected chi connectivity index (χ3v) is 5.07. The van der Waals surface area contributed by atoms with Gasteiger partial charge >= 0.3 is 0 Å². The standard InChI is InChI=1S/C18H23ClN2O/c1-10(2)13-9-16-12(7-14(13)19)8-15(21-16)11(3)20-17(22)18(4)5-6-18/h7-11,21H,5-6H2,1-4H3,(H,20,22). The van der Waals surface area contributed by atoms with Gasteiger partial charge in [-0.05, 0) is 49.4 Å². The Morgan fingerprint density at radius 3 is 2.55 bits per heavy atom. The van der Waals surface area contributed by atoms with Crippen molar-refractivity contribution in [2.45, 2.75) is 52.5 Å². The molecule has 0 saturated heterocycles. The van der Waals surface area contributed by atoms with Gasteiger partial charge in [-0.3, -0.25) is 4.79 Å². The van der Waals surface area contributed by atoms with E-state index in [1.54, 1.807) is 0 Å². The molecule has 0 spiro atoms. The van der Waals surface area contributed by atoms with Crippen molar-refractivity contribution in [3.05, 3.63) is 34.5 Å². The van der Waals surface area contributed by atoms with Gasteiger partial charge in [0.15, 0.2) is 0 Å².